The zero-order valence-electron chi connectivity index (χ0n) is 22.6. The molecule has 2 N–H and O–H groups in total. The van der Waals surface area contributed by atoms with Crippen molar-refractivity contribution in [2.75, 3.05) is 51.2 Å². The van der Waals surface area contributed by atoms with Crippen LogP contribution in [-0.4, -0.2) is 88.2 Å². The van der Waals surface area contributed by atoms with Crippen LogP contribution >= 0.6 is 12.4 Å². The quantitative estimate of drug-likeness (QED) is 0.364. The summed E-state index contributed by atoms with van der Waals surface area (Å²) in [5.74, 6) is -0.859. The predicted octanol–water partition coefficient (Wildman–Crippen LogP) is 4.84. The van der Waals surface area contributed by atoms with Gasteiger partial charge in [0.15, 0.2) is 5.69 Å². The number of carboxylic acids is 1. The Bertz CT molecular complexity index is 1460. The minimum absolute atomic E-state index is 0. The maximum atomic E-state index is 11.2. The Labute approximate surface area is 234 Å². The number of nitrogens with one attached hydrogen (secondary N) is 1. The number of carboxylic acid groups (broad SMARTS) is 1. The summed E-state index contributed by atoms with van der Waals surface area (Å²) in [5, 5.41) is 10.0. The third-order valence-electron chi connectivity index (χ3n) is 8.14. The Morgan fingerprint density at radius 3 is 2.36 bits per heavy atom. The van der Waals surface area contributed by atoms with E-state index in [1.807, 2.05) is 6.20 Å². The van der Waals surface area contributed by atoms with Gasteiger partial charge in [0.05, 0.1) is 5.56 Å². The number of nitrogens with zero attached hydrogens (tertiary/aromatic N) is 5. The molecule has 2 fully saturated rings. The lowest BCUT2D eigenvalue weighted by Crippen LogP contribution is -2.53. The van der Waals surface area contributed by atoms with Crippen LogP contribution in [0.3, 0.4) is 0 Å². The fraction of sp³-hybridized carbons (Fsp3) is 0.414. The number of pyridine rings is 1. The molecule has 0 spiro atoms. The number of oxazole rings is 1. The van der Waals surface area contributed by atoms with Crippen molar-refractivity contribution >= 4 is 35.1 Å². The molecule has 0 radical (unpaired) electrons. The van der Waals surface area contributed by atoms with E-state index in [1.165, 1.54) is 42.7 Å². The van der Waals surface area contributed by atoms with Crippen LogP contribution in [0.5, 0.6) is 0 Å². The van der Waals surface area contributed by atoms with E-state index in [9.17, 15) is 9.90 Å². The number of aromatic nitrogens is 3. The van der Waals surface area contributed by atoms with Crippen LogP contribution in [0.25, 0.3) is 33.6 Å². The molecule has 0 amide bonds. The van der Waals surface area contributed by atoms with Crippen LogP contribution in [0, 0.1) is 13.8 Å². The molecule has 9 nitrogen and oxygen atoms in total. The maximum Gasteiger partial charge on any atom is 0.357 e. The van der Waals surface area contributed by atoms with E-state index in [0.29, 0.717) is 11.2 Å². The number of hydrogen-bond donors (Lipinski definition) is 2. The van der Waals surface area contributed by atoms with Crippen molar-refractivity contribution in [3.8, 4) is 22.6 Å². The number of anilines is 1. The van der Waals surface area contributed by atoms with Crippen LogP contribution in [0.15, 0.2) is 41.3 Å². The van der Waals surface area contributed by atoms with Gasteiger partial charge in [-0.2, -0.15) is 0 Å². The number of aryl methyl sites for hydroxylation is 2. The van der Waals surface area contributed by atoms with Crippen molar-refractivity contribution in [2.24, 2.45) is 0 Å². The molecule has 3 aromatic heterocycles. The lowest BCUT2D eigenvalue weighted by atomic mass is 9.97. The number of aromatic carboxylic acids is 1. The lowest BCUT2D eigenvalue weighted by Gasteiger charge is -2.43. The Hall–Kier alpha value is -3.40. The van der Waals surface area contributed by atoms with Crippen LogP contribution in [0.2, 0.25) is 0 Å². The second kappa shape index (κ2) is 11.0. The third-order valence-corrected chi connectivity index (χ3v) is 8.14. The van der Waals surface area contributed by atoms with Crippen molar-refractivity contribution < 1.29 is 14.3 Å². The molecule has 0 aliphatic carbocycles. The zero-order valence-corrected chi connectivity index (χ0v) is 23.4. The predicted molar refractivity (Wildman–Crippen MR) is 155 cm³/mol. The summed E-state index contributed by atoms with van der Waals surface area (Å²) >= 11 is 0. The summed E-state index contributed by atoms with van der Waals surface area (Å²) < 4.78 is 5.45. The Morgan fingerprint density at radius 1 is 1.03 bits per heavy atom. The number of fused-ring (bicyclic) bond motifs is 1. The molecule has 206 valence electrons. The number of rotatable bonds is 5. The molecule has 2 saturated heterocycles. The Balaban J connectivity index is 0.00000308. The number of piperazine rings is 1. The molecule has 2 aliphatic heterocycles. The average Bonchev–Trinajstić information content (AvgIpc) is 3.56. The lowest BCUT2D eigenvalue weighted by molar-refractivity contribution is 0.0690. The fourth-order valence-corrected chi connectivity index (χ4v) is 6.13. The van der Waals surface area contributed by atoms with Crippen molar-refractivity contribution in [3.63, 3.8) is 0 Å². The second-order valence-electron chi connectivity index (χ2n) is 10.7. The first kappa shape index (κ1) is 27.2. The largest absolute Gasteiger partial charge is 0.476 e. The normalized spacial score (nSPS) is 17.5. The van der Waals surface area contributed by atoms with Gasteiger partial charge < -0.3 is 24.3 Å². The van der Waals surface area contributed by atoms with Crippen molar-refractivity contribution in [1.82, 2.24) is 24.8 Å². The minimum Gasteiger partial charge on any atom is -0.476 e. The van der Waals surface area contributed by atoms with E-state index < -0.39 is 5.97 Å². The van der Waals surface area contributed by atoms with Crippen molar-refractivity contribution in [3.05, 3.63) is 53.7 Å². The highest BCUT2D eigenvalue weighted by atomic mass is 35.5. The van der Waals surface area contributed by atoms with Gasteiger partial charge >= 0.3 is 5.97 Å². The van der Waals surface area contributed by atoms with Crippen LogP contribution in [-0.2, 0) is 0 Å². The summed E-state index contributed by atoms with van der Waals surface area (Å²) in [6.07, 6.45) is 7.34. The Morgan fingerprint density at radius 2 is 1.72 bits per heavy atom. The molecule has 0 bridgehead atoms. The van der Waals surface area contributed by atoms with Gasteiger partial charge in [-0.05, 0) is 81.7 Å². The number of likely N-dealkylation sites (tertiary alicyclic amines) is 1. The van der Waals surface area contributed by atoms with E-state index in [1.54, 1.807) is 6.20 Å². The molecule has 0 unspecified atom stereocenters. The first-order chi connectivity index (χ1) is 18.4. The number of aromatic amines is 1. The van der Waals surface area contributed by atoms with Crippen molar-refractivity contribution in [2.45, 2.75) is 32.7 Å². The van der Waals surface area contributed by atoms with Crippen LogP contribution in [0.1, 0.15) is 34.5 Å². The van der Waals surface area contributed by atoms with Gasteiger partial charge in [-0.1, -0.05) is 0 Å². The van der Waals surface area contributed by atoms with Gasteiger partial charge in [0.2, 0.25) is 5.89 Å². The molecule has 39 heavy (non-hydrogen) atoms. The second-order valence-corrected chi connectivity index (χ2v) is 10.7. The summed E-state index contributed by atoms with van der Waals surface area (Å²) in [5.41, 5.74) is 7.24. The molecule has 0 atom stereocenters. The monoisotopic (exact) mass is 550 g/mol. The molecule has 2 aliphatic rings. The fourth-order valence-electron chi connectivity index (χ4n) is 6.13. The van der Waals surface area contributed by atoms with E-state index in [4.69, 9.17) is 4.42 Å². The van der Waals surface area contributed by atoms with E-state index in [-0.39, 0.29) is 24.0 Å². The number of H-pyrrole nitrogens is 1. The maximum absolute atomic E-state index is 11.2. The highest BCUT2D eigenvalue weighted by molar-refractivity contribution is 5.95. The summed E-state index contributed by atoms with van der Waals surface area (Å²) in [7, 11) is 2.22. The standard InChI is InChI=1S/C29H34N6O3.ClH/c1-18-12-20(13-19(2)26(18)35-10-8-34(9-11-35)22-4-6-33(3)7-5-22)21-14-23-24(16-31-27(23)30-15-21)28-32-25(17-38-28)29(36)37;/h12-17,22H,4-11H2,1-3H3,(H,30,31)(H,36,37);1H. The van der Waals surface area contributed by atoms with Gasteiger partial charge in [-0.3, -0.25) is 4.90 Å². The highest BCUT2D eigenvalue weighted by Gasteiger charge is 2.27. The first-order valence-corrected chi connectivity index (χ1v) is 13.3. The van der Waals surface area contributed by atoms with Gasteiger partial charge in [-0.15, -0.1) is 12.4 Å². The van der Waals surface area contributed by atoms with Gasteiger partial charge in [0.25, 0.3) is 0 Å². The summed E-state index contributed by atoms with van der Waals surface area (Å²) in [6.45, 7) is 11.2. The minimum atomic E-state index is -1.12. The summed E-state index contributed by atoms with van der Waals surface area (Å²) in [6, 6.07) is 7.28. The van der Waals surface area contributed by atoms with Gasteiger partial charge in [0, 0.05) is 61.3 Å². The average molecular weight is 551 g/mol. The van der Waals surface area contributed by atoms with Gasteiger partial charge in [-0.25, -0.2) is 14.8 Å². The number of halogens is 1. The van der Waals surface area contributed by atoms with E-state index >= 15 is 0 Å². The van der Waals surface area contributed by atoms with E-state index in [0.717, 1.165) is 55.0 Å². The molecular formula is C29H35ClN6O3. The molecule has 4 aromatic rings. The number of piperidine rings is 1. The molecule has 0 saturated carbocycles. The SMILES string of the molecule is Cc1cc(-c2cnc3[nH]cc(-c4nc(C(=O)O)co4)c3c2)cc(C)c1N1CCN(C2CCN(C)CC2)CC1.Cl. The molecule has 1 aromatic carbocycles. The third kappa shape index (κ3) is 5.26. The summed E-state index contributed by atoms with van der Waals surface area (Å²) in [4.78, 5) is 30.8. The van der Waals surface area contributed by atoms with E-state index in [2.05, 4.69) is 68.7 Å². The molecule has 5 heterocycles. The first-order valence-electron chi connectivity index (χ1n) is 13.3. The number of benzene rings is 1. The number of carbonyl (C=O) groups is 1. The zero-order chi connectivity index (χ0) is 26.4. The Kier molecular flexibility index (Phi) is 7.66. The smallest absolute Gasteiger partial charge is 0.357 e. The number of hydrogen-bond acceptors (Lipinski definition) is 7. The van der Waals surface area contributed by atoms with Crippen molar-refractivity contribution in [1.29, 1.82) is 0 Å². The van der Waals surface area contributed by atoms with Crippen LogP contribution < -0.4 is 4.90 Å². The molecule has 6 rings (SSSR count). The molecular weight excluding hydrogens is 516 g/mol. The van der Waals surface area contributed by atoms with Crippen LogP contribution in [0.4, 0.5) is 5.69 Å². The highest BCUT2D eigenvalue weighted by Crippen LogP contribution is 2.35. The molecule has 10 heteroatoms. The van der Waals surface area contributed by atoms with Gasteiger partial charge in [0.1, 0.15) is 11.9 Å². The topological polar surface area (TPSA) is 102 Å².